The Hall–Kier alpha value is -2.28. The predicted octanol–water partition coefficient (Wildman–Crippen LogP) is 3.15. The number of aryl methyl sites for hydroxylation is 1. The number of para-hydroxylation sites is 2. The summed E-state index contributed by atoms with van der Waals surface area (Å²) in [5.41, 5.74) is 1.93. The number of hydrogen-bond donors (Lipinski definition) is 2. The van der Waals surface area contributed by atoms with E-state index in [4.69, 9.17) is 0 Å². The maximum absolute atomic E-state index is 12.3. The van der Waals surface area contributed by atoms with Gasteiger partial charge in [0, 0.05) is 25.4 Å². The lowest BCUT2D eigenvalue weighted by atomic mass is 10.2. The Balaban J connectivity index is 1.60. The lowest BCUT2D eigenvalue weighted by molar-refractivity contribution is -0.122. The van der Waals surface area contributed by atoms with Crippen LogP contribution in [0.1, 0.15) is 31.1 Å². The summed E-state index contributed by atoms with van der Waals surface area (Å²) in [6.45, 7) is 0.751. The second-order valence-electron chi connectivity index (χ2n) is 5.91. The number of amides is 1. The van der Waals surface area contributed by atoms with Crippen LogP contribution in [0.15, 0.2) is 42.7 Å². The molecule has 1 aromatic carbocycles. The molecule has 0 saturated heterocycles. The van der Waals surface area contributed by atoms with Gasteiger partial charge in [0.2, 0.25) is 5.91 Å². The van der Waals surface area contributed by atoms with Crippen molar-refractivity contribution in [2.24, 2.45) is 0 Å². The number of benzene rings is 1. The Bertz CT molecular complexity index is 766. The summed E-state index contributed by atoms with van der Waals surface area (Å²) in [5.74, 6) is 1.85. The van der Waals surface area contributed by atoms with Gasteiger partial charge in [-0.2, -0.15) is 16.9 Å². The first-order valence-electron chi connectivity index (χ1n) is 8.46. The molecular formula is C18H23N5OS. The summed E-state index contributed by atoms with van der Waals surface area (Å²) in [4.78, 5) is 20.3. The number of carbonyl (C=O) groups excluding carboxylic acids is 1. The number of H-pyrrole nitrogens is 1. The minimum Gasteiger partial charge on any atom is -0.346 e. The van der Waals surface area contributed by atoms with Crippen molar-refractivity contribution < 1.29 is 4.79 Å². The molecule has 3 rings (SSSR count). The molecule has 132 valence electrons. The molecule has 0 aliphatic carbocycles. The van der Waals surface area contributed by atoms with Crippen molar-refractivity contribution in [3.05, 3.63) is 48.5 Å². The number of hydrogen-bond acceptors (Lipinski definition) is 4. The van der Waals surface area contributed by atoms with Gasteiger partial charge in [0.15, 0.2) is 0 Å². The van der Waals surface area contributed by atoms with E-state index in [2.05, 4.69) is 26.6 Å². The third-order valence-electron chi connectivity index (χ3n) is 4.03. The average molecular weight is 357 g/mol. The monoisotopic (exact) mass is 357 g/mol. The van der Waals surface area contributed by atoms with Gasteiger partial charge in [-0.05, 0) is 43.0 Å². The normalized spacial score (nSPS) is 12.4. The molecule has 0 fully saturated rings. The molecule has 7 heteroatoms. The van der Waals surface area contributed by atoms with Gasteiger partial charge in [-0.1, -0.05) is 12.1 Å². The van der Waals surface area contributed by atoms with Gasteiger partial charge in [-0.25, -0.2) is 4.98 Å². The van der Waals surface area contributed by atoms with Crippen molar-refractivity contribution in [3.63, 3.8) is 0 Å². The SMILES string of the molecule is CSCCC(NC(=O)CCCn1cccn1)c1nc2ccccc2[nH]1. The van der Waals surface area contributed by atoms with Crippen LogP contribution in [0.4, 0.5) is 0 Å². The highest BCUT2D eigenvalue weighted by Gasteiger charge is 2.18. The van der Waals surface area contributed by atoms with Gasteiger partial charge in [-0.15, -0.1) is 0 Å². The Kier molecular flexibility index (Phi) is 6.11. The second-order valence-corrected chi connectivity index (χ2v) is 6.90. The standard InChI is InChI=1S/C18H23N5OS/c1-25-13-9-16(18-21-14-6-2-3-7-15(14)22-18)20-17(24)8-4-11-23-12-5-10-19-23/h2-3,5-7,10,12,16H,4,8-9,11,13H2,1H3,(H,20,24)(H,21,22). The van der Waals surface area contributed by atoms with Crippen LogP contribution in [-0.2, 0) is 11.3 Å². The number of thioether (sulfide) groups is 1. The maximum atomic E-state index is 12.3. The lowest BCUT2D eigenvalue weighted by Crippen LogP contribution is -2.29. The Morgan fingerprint density at radius 2 is 2.24 bits per heavy atom. The molecule has 1 atom stereocenters. The second kappa shape index (κ2) is 8.71. The summed E-state index contributed by atoms with van der Waals surface area (Å²) in [5, 5.41) is 7.29. The molecule has 0 aliphatic heterocycles. The van der Waals surface area contributed by atoms with E-state index in [9.17, 15) is 4.79 Å². The topological polar surface area (TPSA) is 75.6 Å². The highest BCUT2D eigenvalue weighted by molar-refractivity contribution is 7.98. The summed E-state index contributed by atoms with van der Waals surface area (Å²) in [7, 11) is 0. The van der Waals surface area contributed by atoms with Crippen molar-refractivity contribution in [1.82, 2.24) is 25.1 Å². The number of nitrogens with zero attached hydrogens (tertiary/aromatic N) is 3. The van der Waals surface area contributed by atoms with Crippen LogP contribution in [-0.4, -0.2) is 37.7 Å². The van der Waals surface area contributed by atoms with Crippen LogP contribution >= 0.6 is 11.8 Å². The molecule has 2 N–H and O–H groups in total. The first-order chi connectivity index (χ1) is 12.3. The molecule has 3 aromatic rings. The summed E-state index contributed by atoms with van der Waals surface area (Å²) >= 11 is 1.77. The minimum atomic E-state index is -0.0861. The van der Waals surface area contributed by atoms with Crippen molar-refractivity contribution in [2.75, 3.05) is 12.0 Å². The van der Waals surface area contributed by atoms with Crippen molar-refractivity contribution in [2.45, 2.75) is 31.8 Å². The third kappa shape index (κ3) is 4.85. The molecule has 0 saturated carbocycles. The number of aromatic nitrogens is 4. The molecule has 2 aromatic heterocycles. The zero-order valence-electron chi connectivity index (χ0n) is 14.3. The fraction of sp³-hybridized carbons (Fsp3) is 0.389. The molecule has 0 spiro atoms. The van der Waals surface area contributed by atoms with E-state index in [1.54, 1.807) is 18.0 Å². The summed E-state index contributed by atoms with van der Waals surface area (Å²) in [6, 6.07) is 9.74. The first kappa shape index (κ1) is 17.5. The molecule has 0 aliphatic rings. The van der Waals surface area contributed by atoms with Crippen LogP contribution in [0.2, 0.25) is 0 Å². The van der Waals surface area contributed by atoms with E-state index < -0.39 is 0 Å². The highest BCUT2D eigenvalue weighted by Crippen LogP contribution is 2.20. The Morgan fingerprint density at radius 3 is 3.00 bits per heavy atom. The number of aromatic amines is 1. The van der Waals surface area contributed by atoms with Gasteiger partial charge in [0.05, 0.1) is 17.1 Å². The maximum Gasteiger partial charge on any atom is 0.220 e. The first-order valence-corrected chi connectivity index (χ1v) is 9.86. The Labute approximate surface area is 151 Å². The van der Waals surface area contributed by atoms with E-state index in [-0.39, 0.29) is 11.9 Å². The average Bonchev–Trinajstić information content (AvgIpc) is 3.27. The zero-order chi connectivity index (χ0) is 17.5. The van der Waals surface area contributed by atoms with E-state index in [1.165, 1.54) is 0 Å². The van der Waals surface area contributed by atoms with Gasteiger partial charge in [-0.3, -0.25) is 9.48 Å². The van der Waals surface area contributed by atoms with Crippen LogP contribution in [0.25, 0.3) is 11.0 Å². The number of fused-ring (bicyclic) bond motifs is 1. The lowest BCUT2D eigenvalue weighted by Gasteiger charge is -2.16. The van der Waals surface area contributed by atoms with Crippen LogP contribution < -0.4 is 5.32 Å². The zero-order valence-corrected chi connectivity index (χ0v) is 15.1. The smallest absolute Gasteiger partial charge is 0.220 e. The van der Waals surface area contributed by atoms with E-state index in [0.717, 1.165) is 42.0 Å². The number of nitrogens with one attached hydrogen (secondary N) is 2. The van der Waals surface area contributed by atoms with Crippen LogP contribution in [0.3, 0.4) is 0 Å². The molecule has 0 radical (unpaired) electrons. The molecule has 1 unspecified atom stereocenters. The van der Waals surface area contributed by atoms with Gasteiger partial charge < -0.3 is 10.3 Å². The Morgan fingerprint density at radius 1 is 1.36 bits per heavy atom. The fourth-order valence-electron chi connectivity index (χ4n) is 2.75. The summed E-state index contributed by atoms with van der Waals surface area (Å²) < 4.78 is 1.84. The van der Waals surface area contributed by atoms with Crippen molar-refractivity contribution >= 4 is 28.7 Å². The van der Waals surface area contributed by atoms with Gasteiger partial charge >= 0.3 is 0 Å². The highest BCUT2D eigenvalue weighted by atomic mass is 32.2. The van der Waals surface area contributed by atoms with Gasteiger partial charge in [0.25, 0.3) is 0 Å². The third-order valence-corrected chi connectivity index (χ3v) is 4.68. The van der Waals surface area contributed by atoms with E-state index >= 15 is 0 Å². The molecule has 0 bridgehead atoms. The van der Waals surface area contributed by atoms with Crippen molar-refractivity contribution in [3.8, 4) is 0 Å². The van der Waals surface area contributed by atoms with E-state index in [1.807, 2.05) is 41.2 Å². The number of carbonyl (C=O) groups is 1. The summed E-state index contributed by atoms with van der Waals surface area (Å²) in [6.07, 6.45) is 7.83. The molecule has 2 heterocycles. The molecular weight excluding hydrogens is 334 g/mol. The van der Waals surface area contributed by atoms with Gasteiger partial charge in [0.1, 0.15) is 5.82 Å². The largest absolute Gasteiger partial charge is 0.346 e. The minimum absolute atomic E-state index is 0.0544. The fourth-order valence-corrected chi connectivity index (χ4v) is 3.22. The quantitative estimate of drug-likeness (QED) is 0.617. The van der Waals surface area contributed by atoms with Crippen LogP contribution in [0.5, 0.6) is 0 Å². The van der Waals surface area contributed by atoms with Crippen LogP contribution in [0, 0.1) is 0 Å². The van der Waals surface area contributed by atoms with E-state index in [0.29, 0.717) is 6.42 Å². The number of imidazole rings is 1. The molecule has 25 heavy (non-hydrogen) atoms. The molecule has 1 amide bonds. The molecule has 6 nitrogen and oxygen atoms in total. The predicted molar refractivity (Wildman–Crippen MR) is 101 cm³/mol. The number of rotatable bonds is 9. The van der Waals surface area contributed by atoms with Crippen molar-refractivity contribution in [1.29, 1.82) is 0 Å².